The van der Waals surface area contributed by atoms with Crippen LogP contribution in [0.3, 0.4) is 0 Å². The molecule has 0 bridgehead atoms. The van der Waals surface area contributed by atoms with Gasteiger partial charge in [-0.1, -0.05) is 35.9 Å². The maximum Gasteiger partial charge on any atom is 0.268 e. The van der Waals surface area contributed by atoms with Gasteiger partial charge in [-0.3, -0.25) is 19.5 Å². The van der Waals surface area contributed by atoms with Crippen LogP contribution in [0.4, 0.5) is 0 Å². The Morgan fingerprint density at radius 2 is 1.84 bits per heavy atom. The number of pyridine rings is 1. The molecule has 1 aliphatic rings. The van der Waals surface area contributed by atoms with Crippen molar-refractivity contribution in [2.45, 2.75) is 13.5 Å². The first-order valence-electron chi connectivity index (χ1n) is 7.93. The lowest BCUT2D eigenvalue weighted by Gasteiger charge is -2.14. The minimum Gasteiger partial charge on any atom is -0.396 e. The lowest BCUT2D eigenvalue weighted by Crippen LogP contribution is -2.31. The van der Waals surface area contributed by atoms with Gasteiger partial charge in [0.2, 0.25) is 0 Å². The Balaban J connectivity index is 1.96. The van der Waals surface area contributed by atoms with Crippen molar-refractivity contribution in [3.8, 4) is 0 Å². The molecule has 0 fully saturated rings. The molecule has 0 unspecified atom stereocenters. The third kappa shape index (κ3) is 3.65. The number of rotatable bonds is 6. The molecule has 5 nitrogen and oxygen atoms in total. The number of aliphatic hydroxyl groups excluding tert-OH is 1. The summed E-state index contributed by atoms with van der Waals surface area (Å²) in [5.41, 5.74) is 2.85. The smallest absolute Gasteiger partial charge is 0.268 e. The number of aromatic nitrogens is 1. The van der Waals surface area contributed by atoms with Crippen LogP contribution in [-0.4, -0.2) is 39.2 Å². The molecule has 6 heteroatoms. The fraction of sp³-hybridized carbons (Fsp3) is 0.211. The number of amides is 2. The largest absolute Gasteiger partial charge is 0.396 e. The predicted molar refractivity (Wildman–Crippen MR) is 97.4 cm³/mol. The van der Waals surface area contributed by atoms with E-state index in [0.29, 0.717) is 27.5 Å². The van der Waals surface area contributed by atoms with Crippen molar-refractivity contribution in [2.24, 2.45) is 0 Å². The molecule has 0 atom stereocenters. The lowest BCUT2D eigenvalue weighted by molar-refractivity contribution is -0.137. The van der Waals surface area contributed by atoms with E-state index < -0.39 is 0 Å². The molecule has 1 aromatic carbocycles. The molecule has 128 valence electrons. The van der Waals surface area contributed by atoms with Gasteiger partial charge in [-0.2, -0.15) is 0 Å². The summed E-state index contributed by atoms with van der Waals surface area (Å²) in [6.07, 6.45) is 1.64. The van der Waals surface area contributed by atoms with E-state index in [2.05, 4.69) is 4.98 Å². The van der Waals surface area contributed by atoms with Crippen LogP contribution < -0.4 is 0 Å². The molecular formula is C19H18N2O3S. The van der Waals surface area contributed by atoms with Gasteiger partial charge in [-0.15, -0.1) is 11.8 Å². The number of hydrogen-bond acceptors (Lipinski definition) is 5. The van der Waals surface area contributed by atoms with Crippen LogP contribution in [0, 0.1) is 6.92 Å². The SMILES string of the molecule is Cc1ccc(C2=C(SCCO)C(=O)N(Cc3ccccn3)C2=O)cc1. The molecule has 2 heterocycles. The normalized spacial score (nSPS) is 14.6. The summed E-state index contributed by atoms with van der Waals surface area (Å²) in [6, 6.07) is 12.9. The van der Waals surface area contributed by atoms with E-state index >= 15 is 0 Å². The second kappa shape index (κ2) is 7.63. The quantitative estimate of drug-likeness (QED) is 0.807. The van der Waals surface area contributed by atoms with E-state index in [1.807, 2.05) is 37.3 Å². The van der Waals surface area contributed by atoms with Gasteiger partial charge < -0.3 is 5.11 Å². The van der Waals surface area contributed by atoms with Gasteiger partial charge in [0.25, 0.3) is 11.8 Å². The summed E-state index contributed by atoms with van der Waals surface area (Å²) >= 11 is 1.21. The monoisotopic (exact) mass is 354 g/mol. The number of benzene rings is 1. The van der Waals surface area contributed by atoms with Gasteiger partial charge in [0.15, 0.2) is 0 Å². The van der Waals surface area contributed by atoms with E-state index in [-0.39, 0.29) is 25.0 Å². The molecule has 0 spiro atoms. The highest BCUT2D eigenvalue weighted by Gasteiger charge is 2.39. The first-order chi connectivity index (χ1) is 12.1. The zero-order valence-corrected chi connectivity index (χ0v) is 14.6. The van der Waals surface area contributed by atoms with Gasteiger partial charge >= 0.3 is 0 Å². The van der Waals surface area contributed by atoms with E-state index in [1.54, 1.807) is 18.3 Å². The minimum atomic E-state index is -0.329. The van der Waals surface area contributed by atoms with Crippen molar-refractivity contribution in [1.82, 2.24) is 9.88 Å². The van der Waals surface area contributed by atoms with Gasteiger partial charge in [-0.25, -0.2) is 0 Å². The van der Waals surface area contributed by atoms with Crippen LogP contribution in [0.2, 0.25) is 0 Å². The van der Waals surface area contributed by atoms with Gasteiger partial charge in [0, 0.05) is 11.9 Å². The number of aryl methyl sites for hydroxylation is 1. The molecule has 25 heavy (non-hydrogen) atoms. The average Bonchev–Trinajstić information content (AvgIpc) is 2.86. The summed E-state index contributed by atoms with van der Waals surface area (Å²) in [5, 5.41) is 9.11. The van der Waals surface area contributed by atoms with Crippen molar-refractivity contribution < 1.29 is 14.7 Å². The third-order valence-corrected chi connectivity index (χ3v) is 4.90. The molecule has 0 aliphatic carbocycles. The van der Waals surface area contributed by atoms with E-state index in [9.17, 15) is 9.59 Å². The third-order valence-electron chi connectivity index (χ3n) is 3.85. The molecular weight excluding hydrogens is 336 g/mol. The van der Waals surface area contributed by atoms with Crippen molar-refractivity contribution in [3.05, 3.63) is 70.4 Å². The second-order valence-electron chi connectivity index (χ2n) is 5.66. The highest BCUT2D eigenvalue weighted by molar-refractivity contribution is 8.04. The van der Waals surface area contributed by atoms with E-state index in [4.69, 9.17) is 5.11 Å². The number of carbonyl (C=O) groups excluding carboxylic acids is 2. The van der Waals surface area contributed by atoms with Crippen LogP contribution in [0.1, 0.15) is 16.8 Å². The highest BCUT2D eigenvalue weighted by atomic mass is 32.2. The molecule has 1 aliphatic heterocycles. The predicted octanol–water partition coefficient (Wildman–Crippen LogP) is 2.40. The topological polar surface area (TPSA) is 70.5 Å². The lowest BCUT2D eigenvalue weighted by atomic mass is 10.0. The Kier molecular flexibility index (Phi) is 5.31. The van der Waals surface area contributed by atoms with Crippen molar-refractivity contribution in [2.75, 3.05) is 12.4 Å². The molecule has 0 radical (unpaired) electrons. The van der Waals surface area contributed by atoms with Crippen LogP contribution in [0.15, 0.2) is 53.6 Å². The Bertz CT molecular complexity index is 816. The summed E-state index contributed by atoms with van der Waals surface area (Å²) in [6.45, 7) is 2.04. The molecule has 1 aromatic heterocycles. The first-order valence-corrected chi connectivity index (χ1v) is 8.91. The summed E-state index contributed by atoms with van der Waals surface area (Å²) in [7, 11) is 0. The summed E-state index contributed by atoms with van der Waals surface area (Å²) in [4.78, 5) is 31.5. The Morgan fingerprint density at radius 1 is 1.08 bits per heavy atom. The molecule has 2 amide bonds. The van der Waals surface area contributed by atoms with Gasteiger partial charge in [-0.05, 0) is 24.6 Å². The highest BCUT2D eigenvalue weighted by Crippen LogP contribution is 2.36. The first kappa shape index (κ1) is 17.4. The van der Waals surface area contributed by atoms with Crippen LogP contribution >= 0.6 is 11.8 Å². The minimum absolute atomic E-state index is 0.0585. The van der Waals surface area contributed by atoms with Crippen LogP contribution in [-0.2, 0) is 16.1 Å². The molecule has 0 saturated carbocycles. The fourth-order valence-corrected chi connectivity index (χ4v) is 3.49. The maximum atomic E-state index is 12.9. The van der Waals surface area contributed by atoms with Crippen LogP contribution in [0.5, 0.6) is 0 Å². The summed E-state index contributed by atoms with van der Waals surface area (Å²) in [5.74, 6) is -0.286. The second-order valence-corrected chi connectivity index (χ2v) is 6.76. The maximum absolute atomic E-state index is 12.9. The molecule has 3 rings (SSSR count). The standard InChI is InChI=1S/C19H18N2O3S/c1-13-5-7-14(8-6-13)16-17(25-11-10-22)19(24)21(18(16)23)12-15-4-2-3-9-20-15/h2-9,22H,10-12H2,1H3. The van der Waals surface area contributed by atoms with E-state index in [1.165, 1.54) is 16.7 Å². The Hall–Kier alpha value is -2.44. The van der Waals surface area contributed by atoms with E-state index in [0.717, 1.165) is 5.56 Å². The zero-order valence-electron chi connectivity index (χ0n) is 13.8. The zero-order chi connectivity index (χ0) is 17.8. The van der Waals surface area contributed by atoms with Gasteiger partial charge in [0.05, 0.1) is 29.3 Å². The average molecular weight is 354 g/mol. The van der Waals surface area contributed by atoms with Gasteiger partial charge in [0.1, 0.15) is 0 Å². The number of carbonyl (C=O) groups is 2. The van der Waals surface area contributed by atoms with Crippen molar-refractivity contribution in [1.29, 1.82) is 0 Å². The summed E-state index contributed by atoms with van der Waals surface area (Å²) < 4.78 is 0. The number of thioether (sulfide) groups is 1. The number of hydrogen-bond donors (Lipinski definition) is 1. The molecule has 2 aromatic rings. The molecule has 1 N–H and O–H groups in total. The number of nitrogens with zero attached hydrogens (tertiary/aromatic N) is 2. The number of imide groups is 1. The molecule has 0 saturated heterocycles. The van der Waals surface area contributed by atoms with Crippen molar-refractivity contribution in [3.63, 3.8) is 0 Å². The van der Waals surface area contributed by atoms with Crippen molar-refractivity contribution >= 4 is 29.1 Å². The fourth-order valence-electron chi connectivity index (χ4n) is 2.61. The van der Waals surface area contributed by atoms with Crippen LogP contribution in [0.25, 0.3) is 5.57 Å². The Labute approximate surface area is 150 Å². The Morgan fingerprint density at radius 3 is 2.48 bits per heavy atom. The number of aliphatic hydroxyl groups is 1.